The Kier molecular flexibility index (Phi) is 6.82. The van der Waals surface area contributed by atoms with Gasteiger partial charge in [-0.1, -0.05) is 34.6 Å². The van der Waals surface area contributed by atoms with E-state index in [0.717, 1.165) is 31.0 Å². The van der Waals surface area contributed by atoms with Crippen molar-refractivity contribution >= 4 is 0 Å². The summed E-state index contributed by atoms with van der Waals surface area (Å²) in [5.41, 5.74) is 0.417. The molecule has 2 heteroatoms. The molecule has 0 bridgehead atoms. The van der Waals surface area contributed by atoms with Crippen LogP contribution in [0.3, 0.4) is 0 Å². The molecule has 3 unspecified atom stereocenters. The molecular weight excluding hydrogens is 232 g/mol. The quantitative estimate of drug-likeness (QED) is 0.756. The monoisotopic (exact) mass is 268 g/mol. The molecule has 1 N–H and O–H groups in total. The van der Waals surface area contributed by atoms with E-state index in [4.69, 9.17) is 0 Å². The minimum absolute atomic E-state index is 0.417. The van der Waals surface area contributed by atoms with E-state index in [9.17, 15) is 0 Å². The van der Waals surface area contributed by atoms with E-state index in [1.807, 2.05) is 0 Å². The average Bonchev–Trinajstić information content (AvgIpc) is 2.34. The van der Waals surface area contributed by atoms with Crippen molar-refractivity contribution in [1.29, 1.82) is 0 Å². The summed E-state index contributed by atoms with van der Waals surface area (Å²) >= 11 is 0. The molecule has 19 heavy (non-hydrogen) atoms. The standard InChI is InChI=1S/C17H36N2/c1-7-17(6,12-18-11-14(2)3)13-19-10-8-9-15(4)16(19)5/h14-16,18H,7-13H2,1-6H3. The van der Waals surface area contributed by atoms with E-state index in [-0.39, 0.29) is 0 Å². The van der Waals surface area contributed by atoms with Crippen LogP contribution in [0.2, 0.25) is 0 Å². The minimum atomic E-state index is 0.417. The van der Waals surface area contributed by atoms with E-state index in [2.05, 4.69) is 51.8 Å². The van der Waals surface area contributed by atoms with Crippen molar-refractivity contribution in [1.82, 2.24) is 10.2 Å². The molecule has 0 aliphatic carbocycles. The summed E-state index contributed by atoms with van der Waals surface area (Å²) in [6.07, 6.45) is 4.05. The fraction of sp³-hybridized carbons (Fsp3) is 1.00. The summed E-state index contributed by atoms with van der Waals surface area (Å²) in [4.78, 5) is 2.73. The van der Waals surface area contributed by atoms with Crippen molar-refractivity contribution in [2.75, 3.05) is 26.2 Å². The van der Waals surface area contributed by atoms with Crippen LogP contribution in [0.4, 0.5) is 0 Å². The maximum atomic E-state index is 3.67. The van der Waals surface area contributed by atoms with Crippen molar-refractivity contribution in [2.45, 2.75) is 66.8 Å². The van der Waals surface area contributed by atoms with E-state index in [0.29, 0.717) is 5.41 Å². The zero-order valence-corrected chi connectivity index (χ0v) is 14.1. The third-order valence-electron chi connectivity index (χ3n) is 5.05. The Morgan fingerprint density at radius 3 is 2.58 bits per heavy atom. The zero-order valence-electron chi connectivity index (χ0n) is 14.1. The third kappa shape index (κ3) is 5.43. The highest BCUT2D eigenvalue weighted by Gasteiger charge is 2.31. The molecule has 0 aromatic carbocycles. The minimum Gasteiger partial charge on any atom is -0.316 e. The molecule has 2 nitrogen and oxygen atoms in total. The molecule has 0 aromatic rings. The first-order valence-corrected chi connectivity index (χ1v) is 8.32. The van der Waals surface area contributed by atoms with E-state index in [1.54, 1.807) is 0 Å². The van der Waals surface area contributed by atoms with Gasteiger partial charge in [0, 0.05) is 19.1 Å². The smallest absolute Gasteiger partial charge is 0.00928 e. The third-order valence-corrected chi connectivity index (χ3v) is 5.05. The molecule has 0 spiro atoms. The largest absolute Gasteiger partial charge is 0.316 e. The highest BCUT2D eigenvalue weighted by atomic mass is 15.2. The molecule has 3 atom stereocenters. The lowest BCUT2D eigenvalue weighted by Crippen LogP contribution is -2.49. The number of likely N-dealkylation sites (tertiary alicyclic amines) is 1. The molecule has 0 amide bonds. The van der Waals surface area contributed by atoms with Gasteiger partial charge in [0.15, 0.2) is 0 Å². The van der Waals surface area contributed by atoms with Gasteiger partial charge in [-0.25, -0.2) is 0 Å². The van der Waals surface area contributed by atoms with Crippen molar-refractivity contribution in [3.63, 3.8) is 0 Å². The first-order valence-electron chi connectivity index (χ1n) is 8.32. The summed E-state index contributed by atoms with van der Waals surface area (Å²) in [7, 11) is 0. The molecule has 1 rings (SSSR count). The number of rotatable bonds is 7. The fourth-order valence-corrected chi connectivity index (χ4v) is 3.09. The zero-order chi connectivity index (χ0) is 14.5. The molecule has 1 fully saturated rings. The van der Waals surface area contributed by atoms with Gasteiger partial charge in [0.25, 0.3) is 0 Å². The maximum Gasteiger partial charge on any atom is 0.00928 e. The average molecular weight is 268 g/mol. The van der Waals surface area contributed by atoms with Gasteiger partial charge in [-0.15, -0.1) is 0 Å². The molecular formula is C17H36N2. The van der Waals surface area contributed by atoms with Gasteiger partial charge in [-0.3, -0.25) is 4.90 Å². The number of hydrogen-bond acceptors (Lipinski definition) is 2. The van der Waals surface area contributed by atoms with Crippen LogP contribution < -0.4 is 5.32 Å². The number of piperidine rings is 1. The Morgan fingerprint density at radius 2 is 2.00 bits per heavy atom. The topological polar surface area (TPSA) is 15.3 Å². The van der Waals surface area contributed by atoms with E-state index < -0.39 is 0 Å². The highest BCUT2D eigenvalue weighted by Crippen LogP contribution is 2.28. The van der Waals surface area contributed by atoms with Crippen molar-refractivity contribution in [3.05, 3.63) is 0 Å². The van der Waals surface area contributed by atoms with Crippen LogP contribution in [0, 0.1) is 17.3 Å². The van der Waals surface area contributed by atoms with Crippen LogP contribution in [0.25, 0.3) is 0 Å². The molecule has 1 aliphatic rings. The normalized spacial score (nSPS) is 28.6. The van der Waals surface area contributed by atoms with Gasteiger partial charge in [0.2, 0.25) is 0 Å². The second kappa shape index (κ2) is 7.64. The molecule has 1 heterocycles. The molecule has 1 aliphatic heterocycles. The van der Waals surface area contributed by atoms with Crippen molar-refractivity contribution < 1.29 is 0 Å². The molecule has 0 saturated carbocycles. The van der Waals surface area contributed by atoms with Crippen LogP contribution >= 0.6 is 0 Å². The SMILES string of the molecule is CCC(C)(CNCC(C)C)CN1CCCC(C)C1C. The Labute approximate surface area is 121 Å². The fourth-order valence-electron chi connectivity index (χ4n) is 3.09. The molecule has 1 saturated heterocycles. The predicted molar refractivity (Wildman–Crippen MR) is 85.5 cm³/mol. The second-order valence-corrected chi connectivity index (χ2v) is 7.52. The van der Waals surface area contributed by atoms with Gasteiger partial charge >= 0.3 is 0 Å². The summed E-state index contributed by atoms with van der Waals surface area (Å²) in [5.74, 6) is 1.61. The summed E-state index contributed by atoms with van der Waals surface area (Å²) in [6.45, 7) is 19.0. The molecule has 0 aromatic heterocycles. The van der Waals surface area contributed by atoms with Crippen LogP contribution in [0.15, 0.2) is 0 Å². The number of nitrogens with zero attached hydrogens (tertiary/aromatic N) is 1. The van der Waals surface area contributed by atoms with Crippen LogP contribution in [-0.4, -0.2) is 37.1 Å². The Hall–Kier alpha value is -0.0800. The lowest BCUT2D eigenvalue weighted by atomic mass is 9.83. The van der Waals surface area contributed by atoms with Crippen LogP contribution in [0.1, 0.15) is 60.8 Å². The van der Waals surface area contributed by atoms with Gasteiger partial charge in [0.05, 0.1) is 0 Å². The summed E-state index contributed by atoms with van der Waals surface area (Å²) in [5, 5.41) is 3.67. The Bertz CT molecular complexity index is 252. The van der Waals surface area contributed by atoms with Crippen LogP contribution in [-0.2, 0) is 0 Å². The number of nitrogens with one attached hydrogen (secondary N) is 1. The van der Waals surface area contributed by atoms with Gasteiger partial charge < -0.3 is 5.32 Å². The predicted octanol–water partition coefficient (Wildman–Crippen LogP) is 3.77. The molecule has 0 radical (unpaired) electrons. The van der Waals surface area contributed by atoms with Gasteiger partial charge in [-0.05, 0) is 56.5 Å². The second-order valence-electron chi connectivity index (χ2n) is 7.52. The highest BCUT2D eigenvalue weighted by molar-refractivity contribution is 4.85. The summed E-state index contributed by atoms with van der Waals surface area (Å²) in [6, 6.07) is 0.754. The van der Waals surface area contributed by atoms with E-state index >= 15 is 0 Å². The first kappa shape index (κ1) is 17.0. The van der Waals surface area contributed by atoms with Gasteiger partial charge in [-0.2, -0.15) is 0 Å². The number of hydrogen-bond donors (Lipinski definition) is 1. The Balaban J connectivity index is 2.49. The lowest BCUT2D eigenvalue weighted by molar-refractivity contribution is 0.0634. The van der Waals surface area contributed by atoms with Crippen molar-refractivity contribution in [2.24, 2.45) is 17.3 Å². The lowest BCUT2D eigenvalue weighted by Gasteiger charge is -2.43. The van der Waals surface area contributed by atoms with Crippen LogP contribution in [0.5, 0.6) is 0 Å². The summed E-state index contributed by atoms with van der Waals surface area (Å²) < 4.78 is 0. The Morgan fingerprint density at radius 1 is 1.32 bits per heavy atom. The first-order chi connectivity index (χ1) is 8.88. The maximum absolute atomic E-state index is 3.67. The molecule has 114 valence electrons. The van der Waals surface area contributed by atoms with E-state index in [1.165, 1.54) is 32.4 Å². The van der Waals surface area contributed by atoms with Crippen molar-refractivity contribution in [3.8, 4) is 0 Å². The van der Waals surface area contributed by atoms with Gasteiger partial charge in [0.1, 0.15) is 0 Å².